The van der Waals surface area contributed by atoms with Crippen LogP contribution in [-0.4, -0.2) is 72.6 Å². The van der Waals surface area contributed by atoms with Crippen LogP contribution in [0, 0.1) is 0 Å². The van der Waals surface area contributed by atoms with Gasteiger partial charge in [0.2, 0.25) is 11.8 Å². The van der Waals surface area contributed by atoms with Gasteiger partial charge >= 0.3 is 0 Å². The summed E-state index contributed by atoms with van der Waals surface area (Å²) in [7, 11) is 0. The minimum absolute atomic E-state index is 0.0223. The monoisotopic (exact) mass is 297 g/mol. The maximum atomic E-state index is 12.6. The summed E-state index contributed by atoms with van der Waals surface area (Å²) >= 11 is 0. The predicted octanol–water partition coefficient (Wildman–Crippen LogP) is 0.224. The molecule has 1 N–H and O–H groups in total. The Morgan fingerprint density at radius 3 is 2.48 bits per heavy atom. The lowest BCUT2D eigenvalue weighted by Gasteiger charge is -2.33. The summed E-state index contributed by atoms with van der Waals surface area (Å²) in [6, 6.07) is -0.280. The zero-order valence-electron chi connectivity index (χ0n) is 13.4. The van der Waals surface area contributed by atoms with Gasteiger partial charge < -0.3 is 19.9 Å². The Hall–Kier alpha value is -1.14. The Morgan fingerprint density at radius 2 is 1.86 bits per heavy atom. The van der Waals surface area contributed by atoms with Gasteiger partial charge in [-0.2, -0.15) is 0 Å². The highest BCUT2D eigenvalue weighted by atomic mass is 16.5. The first-order valence-electron chi connectivity index (χ1n) is 7.79. The largest absolute Gasteiger partial charge is 0.378 e. The molecule has 1 unspecified atom stereocenters. The number of rotatable bonds is 3. The Bertz CT molecular complexity index is 386. The van der Waals surface area contributed by atoms with Crippen molar-refractivity contribution in [2.75, 3.05) is 39.4 Å². The van der Waals surface area contributed by atoms with Gasteiger partial charge in [0.05, 0.1) is 19.8 Å². The van der Waals surface area contributed by atoms with Crippen molar-refractivity contribution in [3.63, 3.8) is 0 Å². The average molecular weight is 297 g/mol. The van der Waals surface area contributed by atoms with Crippen LogP contribution in [0.4, 0.5) is 0 Å². The number of hydrogen-bond acceptors (Lipinski definition) is 4. The lowest BCUT2D eigenvalue weighted by atomic mass is 10.1. The van der Waals surface area contributed by atoms with E-state index < -0.39 is 0 Å². The molecule has 6 heteroatoms. The number of ether oxygens (including phenoxy) is 1. The minimum Gasteiger partial charge on any atom is -0.378 e. The van der Waals surface area contributed by atoms with Crippen molar-refractivity contribution in [2.24, 2.45) is 0 Å². The number of nitrogens with one attached hydrogen (secondary N) is 1. The van der Waals surface area contributed by atoms with E-state index in [1.165, 1.54) is 0 Å². The lowest BCUT2D eigenvalue weighted by molar-refractivity contribution is -0.146. The zero-order valence-corrected chi connectivity index (χ0v) is 13.4. The Kier molecular flexibility index (Phi) is 5.22. The molecule has 0 radical (unpaired) electrons. The number of likely N-dealkylation sites (tertiary alicyclic amines) is 1. The van der Waals surface area contributed by atoms with Gasteiger partial charge in [-0.05, 0) is 33.6 Å². The molecule has 6 nitrogen and oxygen atoms in total. The van der Waals surface area contributed by atoms with Gasteiger partial charge in [-0.25, -0.2) is 0 Å². The number of nitrogens with zero attached hydrogens (tertiary/aromatic N) is 2. The third-order valence-corrected chi connectivity index (χ3v) is 3.95. The predicted molar refractivity (Wildman–Crippen MR) is 79.9 cm³/mol. The van der Waals surface area contributed by atoms with E-state index in [0.717, 1.165) is 12.8 Å². The highest BCUT2D eigenvalue weighted by molar-refractivity contribution is 5.89. The smallest absolute Gasteiger partial charge is 0.245 e. The van der Waals surface area contributed by atoms with Crippen molar-refractivity contribution >= 4 is 11.8 Å². The Balaban J connectivity index is 1.92. The second-order valence-corrected chi connectivity index (χ2v) is 6.79. The molecule has 2 amide bonds. The first-order chi connectivity index (χ1) is 9.88. The summed E-state index contributed by atoms with van der Waals surface area (Å²) < 4.78 is 5.28. The molecule has 0 aromatic rings. The third kappa shape index (κ3) is 4.41. The topological polar surface area (TPSA) is 61.9 Å². The minimum atomic E-state index is -0.280. The Morgan fingerprint density at radius 1 is 1.19 bits per heavy atom. The molecule has 0 aliphatic carbocycles. The van der Waals surface area contributed by atoms with E-state index in [2.05, 4.69) is 5.32 Å². The van der Waals surface area contributed by atoms with Crippen LogP contribution in [0.2, 0.25) is 0 Å². The standard InChI is InChI=1S/C15H27N3O3/c1-15(2,3)16-11-13(19)18-6-4-5-12(18)14(20)17-7-9-21-10-8-17/h12,16H,4-11H2,1-3H3. The van der Waals surface area contributed by atoms with Gasteiger partial charge in [0.1, 0.15) is 6.04 Å². The highest BCUT2D eigenvalue weighted by Crippen LogP contribution is 2.20. The van der Waals surface area contributed by atoms with E-state index in [9.17, 15) is 9.59 Å². The van der Waals surface area contributed by atoms with Gasteiger partial charge in [0, 0.05) is 25.2 Å². The molecule has 0 aromatic heterocycles. The number of carbonyl (C=O) groups excluding carboxylic acids is 2. The van der Waals surface area contributed by atoms with Crippen LogP contribution in [0.1, 0.15) is 33.6 Å². The molecule has 2 saturated heterocycles. The molecule has 2 fully saturated rings. The van der Waals surface area contributed by atoms with Crippen LogP contribution >= 0.6 is 0 Å². The van der Waals surface area contributed by atoms with E-state index in [1.807, 2.05) is 25.7 Å². The maximum Gasteiger partial charge on any atom is 0.245 e. The molecule has 0 aromatic carbocycles. The molecule has 2 aliphatic heterocycles. The van der Waals surface area contributed by atoms with Crippen molar-refractivity contribution in [3.8, 4) is 0 Å². The van der Waals surface area contributed by atoms with E-state index in [1.54, 1.807) is 4.90 Å². The van der Waals surface area contributed by atoms with Gasteiger partial charge in [-0.3, -0.25) is 9.59 Å². The molecule has 1 atom stereocenters. The van der Waals surface area contributed by atoms with E-state index in [0.29, 0.717) is 32.8 Å². The van der Waals surface area contributed by atoms with E-state index in [-0.39, 0.29) is 29.9 Å². The number of morpholine rings is 1. The molecule has 2 aliphatic rings. The quantitative estimate of drug-likeness (QED) is 0.810. The van der Waals surface area contributed by atoms with Crippen LogP contribution in [0.15, 0.2) is 0 Å². The normalized spacial score (nSPS) is 23.5. The molecule has 120 valence electrons. The van der Waals surface area contributed by atoms with E-state index >= 15 is 0 Å². The van der Waals surface area contributed by atoms with Crippen molar-refractivity contribution in [1.29, 1.82) is 0 Å². The van der Waals surface area contributed by atoms with Crippen molar-refractivity contribution in [2.45, 2.75) is 45.2 Å². The number of carbonyl (C=O) groups is 2. The molecule has 0 saturated carbocycles. The molecular weight excluding hydrogens is 270 g/mol. The first-order valence-corrected chi connectivity index (χ1v) is 7.79. The fourth-order valence-electron chi connectivity index (χ4n) is 2.76. The summed E-state index contributed by atoms with van der Waals surface area (Å²) in [5.41, 5.74) is -0.0981. The van der Waals surface area contributed by atoms with Crippen LogP contribution in [-0.2, 0) is 14.3 Å². The number of hydrogen-bond donors (Lipinski definition) is 1. The molecule has 0 spiro atoms. The van der Waals surface area contributed by atoms with E-state index in [4.69, 9.17) is 4.74 Å². The van der Waals surface area contributed by atoms with Crippen molar-refractivity contribution in [1.82, 2.24) is 15.1 Å². The molecule has 21 heavy (non-hydrogen) atoms. The van der Waals surface area contributed by atoms with Gasteiger partial charge in [-0.15, -0.1) is 0 Å². The summed E-state index contributed by atoms with van der Waals surface area (Å²) in [6.07, 6.45) is 1.68. The van der Waals surface area contributed by atoms with Crippen molar-refractivity contribution in [3.05, 3.63) is 0 Å². The van der Waals surface area contributed by atoms with Gasteiger partial charge in [0.15, 0.2) is 0 Å². The fraction of sp³-hybridized carbons (Fsp3) is 0.867. The van der Waals surface area contributed by atoms with Gasteiger partial charge in [-0.1, -0.05) is 0 Å². The summed E-state index contributed by atoms with van der Waals surface area (Å²) in [4.78, 5) is 28.5. The number of amides is 2. The van der Waals surface area contributed by atoms with Gasteiger partial charge in [0.25, 0.3) is 0 Å². The second kappa shape index (κ2) is 6.75. The van der Waals surface area contributed by atoms with Crippen LogP contribution in [0.25, 0.3) is 0 Å². The fourth-order valence-corrected chi connectivity index (χ4v) is 2.76. The summed E-state index contributed by atoms with van der Waals surface area (Å²) in [5.74, 6) is 0.106. The molecular formula is C15H27N3O3. The lowest BCUT2D eigenvalue weighted by Crippen LogP contribution is -2.53. The SMILES string of the molecule is CC(C)(C)NCC(=O)N1CCCC1C(=O)N1CCOCC1. The zero-order chi connectivity index (χ0) is 15.5. The van der Waals surface area contributed by atoms with Crippen molar-refractivity contribution < 1.29 is 14.3 Å². The molecule has 0 bridgehead atoms. The van der Waals surface area contributed by atoms with Crippen LogP contribution < -0.4 is 5.32 Å². The van der Waals surface area contributed by atoms with Crippen LogP contribution in [0.3, 0.4) is 0 Å². The Labute approximate surface area is 126 Å². The average Bonchev–Trinajstić information content (AvgIpc) is 2.93. The van der Waals surface area contributed by atoms with Crippen LogP contribution in [0.5, 0.6) is 0 Å². The summed E-state index contributed by atoms with van der Waals surface area (Å²) in [5, 5.41) is 3.20. The maximum absolute atomic E-state index is 12.6. The third-order valence-electron chi connectivity index (χ3n) is 3.95. The highest BCUT2D eigenvalue weighted by Gasteiger charge is 2.36. The molecule has 2 rings (SSSR count). The molecule has 2 heterocycles. The second-order valence-electron chi connectivity index (χ2n) is 6.79. The first kappa shape index (κ1) is 16.2. The summed E-state index contributed by atoms with van der Waals surface area (Å²) in [6.45, 7) is 9.52.